The lowest BCUT2D eigenvalue weighted by Gasteiger charge is -2.16. The smallest absolute Gasteiger partial charge is 0.240 e. The molecule has 0 radical (unpaired) electrons. The maximum Gasteiger partial charge on any atom is 0.240 e. The Labute approximate surface area is 132 Å². The second kappa shape index (κ2) is 7.49. The van der Waals surface area contributed by atoms with Crippen molar-refractivity contribution in [1.82, 2.24) is 5.32 Å². The van der Waals surface area contributed by atoms with Crippen LogP contribution in [0.5, 0.6) is 0 Å². The van der Waals surface area contributed by atoms with Gasteiger partial charge in [-0.1, -0.05) is 30.3 Å². The minimum absolute atomic E-state index is 0.0265. The summed E-state index contributed by atoms with van der Waals surface area (Å²) in [6.45, 7) is 0. The predicted molar refractivity (Wildman–Crippen MR) is 81.3 cm³/mol. The lowest BCUT2D eigenvalue weighted by Crippen LogP contribution is -2.46. The summed E-state index contributed by atoms with van der Waals surface area (Å²) in [5.41, 5.74) is 6.16. The highest BCUT2D eigenvalue weighted by molar-refractivity contribution is 5.87. The van der Waals surface area contributed by atoms with E-state index in [1.165, 1.54) is 42.5 Å². The molecular weight excluding hydrogens is 302 g/mol. The summed E-state index contributed by atoms with van der Waals surface area (Å²) in [4.78, 5) is 23.5. The monoisotopic (exact) mass is 318 g/mol. The Kier molecular flexibility index (Phi) is 5.41. The van der Waals surface area contributed by atoms with Crippen LogP contribution < -0.4 is 11.1 Å². The van der Waals surface area contributed by atoms with Crippen LogP contribution in [0.2, 0.25) is 0 Å². The molecule has 2 rings (SSSR count). The molecule has 0 bridgehead atoms. The minimum Gasteiger partial charge on any atom is -0.368 e. The first kappa shape index (κ1) is 16.6. The van der Waals surface area contributed by atoms with Crippen molar-refractivity contribution in [3.05, 3.63) is 71.3 Å². The van der Waals surface area contributed by atoms with E-state index in [4.69, 9.17) is 5.73 Å². The highest BCUT2D eigenvalue weighted by Crippen LogP contribution is 2.10. The van der Waals surface area contributed by atoms with E-state index in [0.29, 0.717) is 11.1 Å². The van der Waals surface area contributed by atoms with Crippen LogP contribution in [0, 0.1) is 11.6 Å². The number of benzene rings is 2. The van der Waals surface area contributed by atoms with E-state index < -0.39 is 29.5 Å². The van der Waals surface area contributed by atoms with Crippen molar-refractivity contribution in [2.45, 2.75) is 18.9 Å². The van der Waals surface area contributed by atoms with Crippen LogP contribution in [0.25, 0.3) is 0 Å². The zero-order valence-electron chi connectivity index (χ0n) is 12.3. The fourth-order valence-electron chi connectivity index (χ4n) is 2.14. The van der Waals surface area contributed by atoms with E-state index in [1.807, 2.05) is 0 Å². The molecule has 2 aromatic carbocycles. The number of hydrogen-bond donors (Lipinski definition) is 2. The number of halogens is 2. The quantitative estimate of drug-likeness (QED) is 0.851. The van der Waals surface area contributed by atoms with Gasteiger partial charge in [-0.05, 0) is 29.3 Å². The summed E-state index contributed by atoms with van der Waals surface area (Å²) < 4.78 is 26.5. The summed E-state index contributed by atoms with van der Waals surface area (Å²) in [7, 11) is 0. The fourth-order valence-corrected chi connectivity index (χ4v) is 2.14. The first-order valence-corrected chi connectivity index (χ1v) is 7.02. The molecule has 0 heterocycles. The lowest BCUT2D eigenvalue weighted by molar-refractivity contribution is -0.127. The Bertz CT molecular complexity index is 702. The Hall–Kier alpha value is -2.76. The second-order valence-corrected chi connectivity index (χ2v) is 5.12. The standard InChI is InChI=1S/C17H16F2N2O2/c18-13-7-5-11(6-8-13)9-16(22)21-15(17(20)23)10-12-3-1-2-4-14(12)19/h1-8,15H,9-10H2,(H2,20,23)(H,21,22)/t15-/m0/s1. The summed E-state index contributed by atoms with van der Waals surface area (Å²) in [5.74, 6) is -2.06. The van der Waals surface area contributed by atoms with Crippen LogP contribution in [0.4, 0.5) is 8.78 Å². The van der Waals surface area contributed by atoms with Crippen molar-refractivity contribution in [3.8, 4) is 0 Å². The molecule has 4 nitrogen and oxygen atoms in total. The van der Waals surface area contributed by atoms with Crippen LogP contribution in [0.15, 0.2) is 48.5 Å². The van der Waals surface area contributed by atoms with Crippen LogP contribution in [-0.4, -0.2) is 17.9 Å². The van der Waals surface area contributed by atoms with Gasteiger partial charge < -0.3 is 11.1 Å². The highest BCUT2D eigenvalue weighted by atomic mass is 19.1. The summed E-state index contributed by atoms with van der Waals surface area (Å²) in [6.07, 6.45) is -0.0570. The molecular formula is C17H16F2N2O2. The minimum atomic E-state index is -1.01. The number of hydrogen-bond acceptors (Lipinski definition) is 2. The van der Waals surface area contributed by atoms with E-state index in [0.717, 1.165) is 0 Å². The number of rotatable bonds is 6. The molecule has 0 aliphatic rings. The molecule has 3 N–H and O–H groups in total. The molecule has 0 spiro atoms. The molecule has 2 aromatic rings. The van der Waals surface area contributed by atoms with Gasteiger partial charge in [0.2, 0.25) is 11.8 Å². The average molecular weight is 318 g/mol. The normalized spacial score (nSPS) is 11.7. The van der Waals surface area contributed by atoms with Crippen LogP contribution in [0.3, 0.4) is 0 Å². The highest BCUT2D eigenvalue weighted by Gasteiger charge is 2.20. The molecule has 0 aliphatic carbocycles. The molecule has 0 saturated heterocycles. The number of amides is 2. The Morgan fingerprint density at radius 2 is 1.70 bits per heavy atom. The lowest BCUT2D eigenvalue weighted by atomic mass is 10.0. The van der Waals surface area contributed by atoms with Gasteiger partial charge in [0.1, 0.15) is 17.7 Å². The molecule has 0 unspecified atom stereocenters. The third-order valence-corrected chi connectivity index (χ3v) is 3.34. The fraction of sp³-hybridized carbons (Fsp3) is 0.176. The Morgan fingerprint density at radius 1 is 1.04 bits per heavy atom. The molecule has 23 heavy (non-hydrogen) atoms. The Balaban J connectivity index is 2.01. The molecule has 2 amide bonds. The van der Waals surface area contributed by atoms with E-state index in [2.05, 4.69) is 5.32 Å². The van der Waals surface area contributed by atoms with Gasteiger partial charge in [-0.25, -0.2) is 8.78 Å². The first-order chi connectivity index (χ1) is 11.0. The zero-order chi connectivity index (χ0) is 16.8. The van der Waals surface area contributed by atoms with Crippen LogP contribution in [-0.2, 0) is 22.4 Å². The number of carbonyl (C=O) groups excluding carboxylic acids is 2. The molecule has 1 atom stereocenters. The molecule has 0 saturated carbocycles. The number of nitrogens with one attached hydrogen (secondary N) is 1. The maximum atomic E-state index is 13.6. The van der Waals surface area contributed by atoms with E-state index >= 15 is 0 Å². The predicted octanol–water partition coefficient (Wildman–Crippen LogP) is 1.72. The van der Waals surface area contributed by atoms with Crippen LogP contribution in [0.1, 0.15) is 11.1 Å². The zero-order valence-corrected chi connectivity index (χ0v) is 12.3. The van der Waals surface area contributed by atoms with Gasteiger partial charge in [-0.2, -0.15) is 0 Å². The van der Waals surface area contributed by atoms with Crippen molar-refractivity contribution in [1.29, 1.82) is 0 Å². The van der Waals surface area contributed by atoms with Crippen molar-refractivity contribution < 1.29 is 18.4 Å². The van der Waals surface area contributed by atoms with E-state index in [9.17, 15) is 18.4 Å². The van der Waals surface area contributed by atoms with Crippen LogP contribution >= 0.6 is 0 Å². The van der Waals surface area contributed by atoms with Crippen molar-refractivity contribution >= 4 is 11.8 Å². The van der Waals surface area contributed by atoms with E-state index in [-0.39, 0.29) is 12.8 Å². The topological polar surface area (TPSA) is 72.2 Å². The van der Waals surface area contributed by atoms with Gasteiger partial charge in [0.25, 0.3) is 0 Å². The third kappa shape index (κ3) is 4.88. The van der Waals surface area contributed by atoms with Crippen molar-refractivity contribution in [3.63, 3.8) is 0 Å². The van der Waals surface area contributed by atoms with Gasteiger partial charge in [-0.3, -0.25) is 9.59 Å². The molecule has 0 aliphatic heterocycles. The van der Waals surface area contributed by atoms with Crippen molar-refractivity contribution in [2.24, 2.45) is 5.73 Å². The summed E-state index contributed by atoms with van der Waals surface area (Å²) >= 11 is 0. The third-order valence-electron chi connectivity index (χ3n) is 3.34. The molecule has 6 heteroatoms. The maximum absolute atomic E-state index is 13.6. The summed E-state index contributed by atoms with van der Waals surface area (Å²) in [6, 6.07) is 10.4. The van der Waals surface area contributed by atoms with Gasteiger partial charge in [-0.15, -0.1) is 0 Å². The van der Waals surface area contributed by atoms with Gasteiger partial charge >= 0.3 is 0 Å². The van der Waals surface area contributed by atoms with E-state index in [1.54, 1.807) is 6.07 Å². The molecule has 0 fully saturated rings. The largest absolute Gasteiger partial charge is 0.368 e. The van der Waals surface area contributed by atoms with Gasteiger partial charge in [0, 0.05) is 6.42 Å². The van der Waals surface area contributed by atoms with Crippen molar-refractivity contribution in [2.75, 3.05) is 0 Å². The number of primary amides is 1. The first-order valence-electron chi connectivity index (χ1n) is 7.02. The SMILES string of the molecule is NC(=O)[C@H](Cc1ccccc1F)NC(=O)Cc1ccc(F)cc1. The Morgan fingerprint density at radius 3 is 2.30 bits per heavy atom. The number of carbonyl (C=O) groups is 2. The number of nitrogens with two attached hydrogens (primary N) is 1. The second-order valence-electron chi connectivity index (χ2n) is 5.12. The van der Waals surface area contributed by atoms with Gasteiger partial charge in [0.15, 0.2) is 0 Å². The average Bonchev–Trinajstić information content (AvgIpc) is 2.51. The molecule has 120 valence electrons. The summed E-state index contributed by atoms with van der Waals surface area (Å²) in [5, 5.41) is 2.48. The van der Waals surface area contributed by atoms with Gasteiger partial charge in [0.05, 0.1) is 6.42 Å². The molecule has 0 aromatic heterocycles.